The van der Waals surface area contributed by atoms with Crippen LogP contribution in [0.25, 0.3) is 0 Å². The van der Waals surface area contributed by atoms with Gasteiger partial charge in [0.25, 0.3) is 0 Å². The molecule has 1 aromatic rings. The zero-order valence-corrected chi connectivity index (χ0v) is 12.1. The Kier molecular flexibility index (Phi) is 5.40. The molecule has 0 spiro atoms. The average Bonchev–Trinajstić information content (AvgIpc) is 3.04. The lowest BCUT2D eigenvalue weighted by Gasteiger charge is -2.32. The number of hydrogen-bond acceptors (Lipinski definition) is 4. The van der Waals surface area contributed by atoms with Crippen molar-refractivity contribution < 1.29 is 23.9 Å². The molecule has 8 nitrogen and oxygen atoms in total. The molecule has 0 radical (unpaired) electrons. The number of amides is 3. The second kappa shape index (κ2) is 7.48. The number of piperidine rings is 1. The van der Waals surface area contributed by atoms with Gasteiger partial charge in [0, 0.05) is 6.54 Å². The highest BCUT2D eigenvalue weighted by Gasteiger charge is 2.31. The van der Waals surface area contributed by atoms with Crippen LogP contribution in [0.15, 0.2) is 22.8 Å². The van der Waals surface area contributed by atoms with E-state index in [0.717, 1.165) is 12.8 Å². The maximum absolute atomic E-state index is 12.1. The van der Waals surface area contributed by atoms with Crippen molar-refractivity contribution in [2.75, 3.05) is 13.1 Å². The molecular weight excluding hydrogens is 290 g/mol. The van der Waals surface area contributed by atoms with Crippen LogP contribution in [-0.4, -0.2) is 47.0 Å². The van der Waals surface area contributed by atoms with E-state index >= 15 is 0 Å². The maximum Gasteiger partial charge on any atom is 0.326 e. The van der Waals surface area contributed by atoms with Crippen molar-refractivity contribution in [1.82, 2.24) is 15.5 Å². The molecule has 1 aliphatic rings. The number of urea groups is 1. The van der Waals surface area contributed by atoms with Crippen molar-refractivity contribution in [2.45, 2.75) is 31.8 Å². The molecule has 1 aliphatic heterocycles. The molecule has 8 heteroatoms. The largest absolute Gasteiger partial charge is 0.480 e. The number of carbonyl (C=O) groups excluding carboxylic acids is 2. The molecule has 22 heavy (non-hydrogen) atoms. The molecule has 2 heterocycles. The van der Waals surface area contributed by atoms with Gasteiger partial charge in [0.15, 0.2) is 0 Å². The Balaban J connectivity index is 1.76. The smallest absolute Gasteiger partial charge is 0.326 e. The zero-order chi connectivity index (χ0) is 15.9. The topological polar surface area (TPSA) is 112 Å². The molecule has 0 bridgehead atoms. The molecule has 1 atom stereocenters. The Labute approximate surface area is 127 Å². The molecule has 0 unspecified atom stereocenters. The molecule has 3 amide bonds. The highest BCUT2D eigenvalue weighted by Crippen LogP contribution is 2.17. The highest BCUT2D eigenvalue weighted by molar-refractivity contribution is 5.87. The summed E-state index contributed by atoms with van der Waals surface area (Å²) in [5, 5.41) is 14.1. The van der Waals surface area contributed by atoms with Gasteiger partial charge >= 0.3 is 12.0 Å². The van der Waals surface area contributed by atoms with Crippen molar-refractivity contribution in [3.63, 3.8) is 0 Å². The number of carboxylic acids is 1. The van der Waals surface area contributed by atoms with E-state index < -0.39 is 18.0 Å². The van der Waals surface area contributed by atoms with Gasteiger partial charge in [-0.1, -0.05) is 0 Å². The van der Waals surface area contributed by atoms with Crippen molar-refractivity contribution in [2.24, 2.45) is 0 Å². The summed E-state index contributed by atoms with van der Waals surface area (Å²) in [5.41, 5.74) is 0. The van der Waals surface area contributed by atoms with Crippen LogP contribution in [-0.2, 0) is 16.1 Å². The first-order chi connectivity index (χ1) is 10.6. The average molecular weight is 309 g/mol. The summed E-state index contributed by atoms with van der Waals surface area (Å²) in [6.07, 6.45) is 3.52. The summed E-state index contributed by atoms with van der Waals surface area (Å²) in [6.45, 7) is 0.397. The number of carboxylic acid groups (broad SMARTS) is 1. The number of rotatable bonds is 5. The van der Waals surface area contributed by atoms with E-state index in [1.807, 2.05) is 0 Å². The van der Waals surface area contributed by atoms with Gasteiger partial charge in [0.1, 0.15) is 11.8 Å². The van der Waals surface area contributed by atoms with E-state index in [4.69, 9.17) is 9.52 Å². The minimum absolute atomic E-state index is 0.217. The van der Waals surface area contributed by atoms with Gasteiger partial charge < -0.3 is 25.1 Å². The third-order valence-electron chi connectivity index (χ3n) is 3.51. The standard InChI is InChI=1S/C14H19N3O5/c18-12(17-6-2-1-5-11(17)13(19)20)9-16-14(21)15-8-10-4-3-7-22-10/h3-4,7,11H,1-2,5-6,8-9H2,(H,19,20)(H2,15,16,21)/t11-/m1/s1. The van der Waals surface area contributed by atoms with E-state index in [0.29, 0.717) is 18.7 Å². The number of aliphatic carboxylic acids is 1. The van der Waals surface area contributed by atoms with Crippen molar-refractivity contribution >= 4 is 17.9 Å². The molecular formula is C14H19N3O5. The predicted molar refractivity (Wildman–Crippen MR) is 75.9 cm³/mol. The second-order valence-corrected chi connectivity index (χ2v) is 5.05. The molecule has 1 saturated heterocycles. The van der Waals surface area contributed by atoms with Gasteiger partial charge in [-0.2, -0.15) is 0 Å². The molecule has 3 N–H and O–H groups in total. The number of hydrogen-bond donors (Lipinski definition) is 3. The quantitative estimate of drug-likeness (QED) is 0.735. The van der Waals surface area contributed by atoms with Crippen LogP contribution < -0.4 is 10.6 Å². The molecule has 0 aliphatic carbocycles. The summed E-state index contributed by atoms with van der Waals surface area (Å²) in [5.74, 6) is -0.793. The molecule has 1 aromatic heterocycles. The van der Waals surface area contributed by atoms with Crippen LogP contribution >= 0.6 is 0 Å². The normalized spacial score (nSPS) is 17.8. The number of carbonyl (C=O) groups is 3. The Morgan fingerprint density at radius 1 is 1.32 bits per heavy atom. The fraction of sp³-hybridized carbons (Fsp3) is 0.500. The Hall–Kier alpha value is -2.51. The number of likely N-dealkylation sites (tertiary alicyclic amines) is 1. The van der Waals surface area contributed by atoms with E-state index in [2.05, 4.69) is 10.6 Å². The zero-order valence-electron chi connectivity index (χ0n) is 12.1. The Morgan fingerprint density at radius 3 is 2.82 bits per heavy atom. The van der Waals surface area contributed by atoms with Crippen molar-refractivity contribution in [3.05, 3.63) is 24.2 Å². The lowest BCUT2D eigenvalue weighted by atomic mass is 10.0. The van der Waals surface area contributed by atoms with Gasteiger partial charge in [-0.05, 0) is 31.4 Å². The molecule has 0 saturated carbocycles. The second-order valence-electron chi connectivity index (χ2n) is 5.05. The summed E-state index contributed by atoms with van der Waals surface area (Å²) >= 11 is 0. The summed E-state index contributed by atoms with van der Waals surface area (Å²) in [4.78, 5) is 36.1. The van der Waals surface area contributed by atoms with E-state index in [1.54, 1.807) is 12.1 Å². The summed E-state index contributed by atoms with van der Waals surface area (Å²) in [7, 11) is 0. The highest BCUT2D eigenvalue weighted by atomic mass is 16.4. The van der Waals surface area contributed by atoms with Crippen LogP contribution in [0.5, 0.6) is 0 Å². The molecule has 120 valence electrons. The summed E-state index contributed by atoms with van der Waals surface area (Å²) < 4.78 is 5.06. The van der Waals surface area contributed by atoms with Gasteiger partial charge in [0.2, 0.25) is 5.91 Å². The Bertz CT molecular complexity index is 529. The molecule has 2 rings (SSSR count). The van der Waals surface area contributed by atoms with E-state index in [9.17, 15) is 14.4 Å². The lowest BCUT2D eigenvalue weighted by molar-refractivity contribution is -0.151. The third-order valence-corrected chi connectivity index (χ3v) is 3.51. The van der Waals surface area contributed by atoms with Crippen LogP contribution in [0.1, 0.15) is 25.0 Å². The van der Waals surface area contributed by atoms with E-state index in [-0.39, 0.29) is 19.0 Å². The van der Waals surface area contributed by atoms with Crippen LogP contribution in [0.3, 0.4) is 0 Å². The molecule has 1 fully saturated rings. The van der Waals surface area contributed by atoms with Gasteiger partial charge in [-0.3, -0.25) is 4.79 Å². The monoisotopic (exact) mass is 309 g/mol. The first kappa shape index (κ1) is 15.9. The maximum atomic E-state index is 12.1. The SMILES string of the molecule is O=C(NCC(=O)N1CCCC[C@@H]1C(=O)O)NCc1ccco1. The predicted octanol–water partition coefficient (Wildman–Crippen LogP) is 0.545. The minimum atomic E-state index is -1.00. The first-order valence-electron chi connectivity index (χ1n) is 7.14. The fourth-order valence-electron chi connectivity index (χ4n) is 2.39. The summed E-state index contributed by atoms with van der Waals surface area (Å²) in [6, 6.07) is 2.13. The lowest BCUT2D eigenvalue weighted by Crippen LogP contribution is -2.51. The minimum Gasteiger partial charge on any atom is -0.480 e. The van der Waals surface area contributed by atoms with Crippen LogP contribution in [0.4, 0.5) is 4.79 Å². The van der Waals surface area contributed by atoms with Crippen molar-refractivity contribution in [3.8, 4) is 0 Å². The first-order valence-corrected chi connectivity index (χ1v) is 7.14. The van der Waals surface area contributed by atoms with Crippen LogP contribution in [0, 0.1) is 0 Å². The van der Waals surface area contributed by atoms with Crippen molar-refractivity contribution in [1.29, 1.82) is 0 Å². The van der Waals surface area contributed by atoms with E-state index in [1.165, 1.54) is 11.2 Å². The third kappa shape index (κ3) is 4.24. The van der Waals surface area contributed by atoms with Gasteiger partial charge in [-0.25, -0.2) is 9.59 Å². The number of nitrogens with one attached hydrogen (secondary N) is 2. The molecule has 0 aromatic carbocycles. The fourth-order valence-corrected chi connectivity index (χ4v) is 2.39. The Morgan fingerprint density at radius 2 is 2.14 bits per heavy atom. The number of furan rings is 1. The van der Waals surface area contributed by atoms with Gasteiger partial charge in [0.05, 0.1) is 19.4 Å². The van der Waals surface area contributed by atoms with Crippen LogP contribution in [0.2, 0.25) is 0 Å². The van der Waals surface area contributed by atoms with Gasteiger partial charge in [-0.15, -0.1) is 0 Å². The number of nitrogens with zero attached hydrogens (tertiary/aromatic N) is 1.